The lowest BCUT2D eigenvalue weighted by Gasteiger charge is -2.18. The van der Waals surface area contributed by atoms with Gasteiger partial charge >= 0.3 is 0 Å². The van der Waals surface area contributed by atoms with Gasteiger partial charge in [-0.05, 0) is 56.2 Å². The fraction of sp³-hybridized carbons (Fsp3) is 0.333. The fourth-order valence-corrected chi connectivity index (χ4v) is 2.77. The van der Waals surface area contributed by atoms with E-state index in [4.69, 9.17) is 0 Å². The van der Waals surface area contributed by atoms with Crippen molar-refractivity contribution in [2.45, 2.75) is 27.2 Å². The third-order valence-electron chi connectivity index (χ3n) is 4.30. The maximum absolute atomic E-state index is 12.3. The van der Waals surface area contributed by atoms with Gasteiger partial charge in [0.1, 0.15) is 0 Å². The molecule has 0 aliphatic rings. The molecule has 0 spiro atoms. The van der Waals surface area contributed by atoms with Crippen LogP contribution < -0.4 is 10.6 Å². The molecule has 0 unspecified atom stereocenters. The van der Waals surface area contributed by atoms with Crippen LogP contribution in [0.1, 0.15) is 36.7 Å². The minimum atomic E-state index is -0.126. The summed E-state index contributed by atoms with van der Waals surface area (Å²) in [4.78, 5) is 26.2. The maximum atomic E-state index is 12.3. The molecule has 0 atom stereocenters. The van der Waals surface area contributed by atoms with E-state index < -0.39 is 0 Å². The van der Waals surface area contributed by atoms with Gasteiger partial charge in [0.25, 0.3) is 5.91 Å². The van der Waals surface area contributed by atoms with E-state index in [2.05, 4.69) is 17.6 Å². The molecule has 5 heteroatoms. The largest absolute Gasteiger partial charge is 0.376 e. The zero-order valence-corrected chi connectivity index (χ0v) is 15.7. The Morgan fingerprint density at radius 1 is 0.923 bits per heavy atom. The normalized spacial score (nSPS) is 10.3. The number of para-hydroxylation sites is 1. The molecule has 2 amide bonds. The van der Waals surface area contributed by atoms with Crippen LogP contribution in [0, 0.1) is 0 Å². The van der Waals surface area contributed by atoms with E-state index in [9.17, 15) is 9.59 Å². The summed E-state index contributed by atoms with van der Waals surface area (Å²) in [5.74, 6) is -0.121. The Bertz CT molecular complexity index is 737. The van der Waals surface area contributed by atoms with E-state index in [1.165, 1.54) is 5.56 Å². The first-order chi connectivity index (χ1) is 12.6. The third kappa shape index (κ3) is 5.09. The number of carbonyl (C=O) groups is 2. The number of nitrogens with zero attached hydrogens (tertiary/aromatic N) is 1. The highest BCUT2D eigenvalue weighted by atomic mass is 16.2. The average molecular weight is 353 g/mol. The van der Waals surface area contributed by atoms with Crippen LogP contribution in [0.25, 0.3) is 0 Å². The Morgan fingerprint density at radius 2 is 1.58 bits per heavy atom. The van der Waals surface area contributed by atoms with E-state index in [0.29, 0.717) is 24.3 Å². The van der Waals surface area contributed by atoms with Crippen LogP contribution in [-0.2, 0) is 11.2 Å². The van der Waals surface area contributed by atoms with Crippen molar-refractivity contribution in [1.29, 1.82) is 0 Å². The lowest BCUT2D eigenvalue weighted by atomic mass is 10.1. The number of nitrogens with one attached hydrogen (secondary N) is 2. The highest BCUT2D eigenvalue weighted by Gasteiger charge is 2.12. The molecule has 2 N–H and O–H groups in total. The fourth-order valence-electron chi connectivity index (χ4n) is 2.77. The Labute approximate surface area is 155 Å². The van der Waals surface area contributed by atoms with Crippen LogP contribution in [0.2, 0.25) is 0 Å². The molecule has 26 heavy (non-hydrogen) atoms. The highest BCUT2D eigenvalue weighted by Crippen LogP contribution is 2.15. The number of benzene rings is 2. The highest BCUT2D eigenvalue weighted by molar-refractivity contribution is 5.96. The van der Waals surface area contributed by atoms with Crippen molar-refractivity contribution in [3.8, 4) is 0 Å². The van der Waals surface area contributed by atoms with Gasteiger partial charge in [0, 0.05) is 30.0 Å². The number of hydrogen-bond acceptors (Lipinski definition) is 3. The molecule has 138 valence electrons. The van der Waals surface area contributed by atoms with Crippen LogP contribution in [0.4, 0.5) is 11.4 Å². The molecule has 0 fully saturated rings. The minimum absolute atomic E-state index is 0.00529. The third-order valence-corrected chi connectivity index (χ3v) is 4.30. The van der Waals surface area contributed by atoms with Crippen molar-refractivity contribution >= 4 is 23.2 Å². The van der Waals surface area contributed by atoms with Crippen molar-refractivity contribution in [3.63, 3.8) is 0 Å². The first-order valence-electron chi connectivity index (χ1n) is 9.10. The molecule has 2 aromatic rings. The summed E-state index contributed by atoms with van der Waals surface area (Å²) in [5, 5.41) is 6.02. The number of anilines is 2. The summed E-state index contributed by atoms with van der Waals surface area (Å²) in [6.45, 7) is 7.55. The lowest BCUT2D eigenvalue weighted by molar-refractivity contribution is -0.114. The van der Waals surface area contributed by atoms with Gasteiger partial charge in [0.2, 0.25) is 5.91 Å². The number of amides is 2. The summed E-state index contributed by atoms with van der Waals surface area (Å²) in [6.07, 6.45) is 0.910. The zero-order chi connectivity index (χ0) is 18.9. The Balaban J connectivity index is 1.92. The summed E-state index contributed by atoms with van der Waals surface area (Å²) < 4.78 is 0. The maximum Gasteiger partial charge on any atom is 0.253 e. The molecule has 0 heterocycles. The standard InChI is InChI=1S/C21H27N3O2/c1-4-16-9-7-8-10-19(16)22-15-20(25)23-18-13-11-17(12-14-18)21(26)24(5-2)6-3/h7-14,22H,4-6,15H2,1-3H3,(H,23,25). The Hall–Kier alpha value is -2.82. The molecule has 0 aliphatic heterocycles. The molecule has 0 aromatic heterocycles. The van der Waals surface area contributed by atoms with Gasteiger partial charge in [0.15, 0.2) is 0 Å². The first-order valence-corrected chi connectivity index (χ1v) is 9.10. The zero-order valence-electron chi connectivity index (χ0n) is 15.7. The SMILES string of the molecule is CCc1ccccc1NCC(=O)Nc1ccc(C(=O)N(CC)CC)cc1. The second kappa shape index (κ2) is 9.61. The van der Waals surface area contributed by atoms with E-state index in [0.717, 1.165) is 12.1 Å². The number of hydrogen-bond donors (Lipinski definition) is 2. The van der Waals surface area contributed by atoms with Crippen LogP contribution in [0.3, 0.4) is 0 Å². The number of aryl methyl sites for hydroxylation is 1. The monoisotopic (exact) mass is 353 g/mol. The average Bonchev–Trinajstić information content (AvgIpc) is 2.68. The summed E-state index contributed by atoms with van der Waals surface area (Å²) in [5.41, 5.74) is 3.46. The predicted octanol–water partition coefficient (Wildman–Crippen LogP) is 3.78. The van der Waals surface area contributed by atoms with Gasteiger partial charge in [-0.1, -0.05) is 25.1 Å². The van der Waals surface area contributed by atoms with Crippen LogP contribution in [0.15, 0.2) is 48.5 Å². The van der Waals surface area contributed by atoms with Crippen molar-refractivity contribution in [2.75, 3.05) is 30.3 Å². The van der Waals surface area contributed by atoms with E-state index >= 15 is 0 Å². The van der Waals surface area contributed by atoms with Crippen LogP contribution in [-0.4, -0.2) is 36.3 Å². The second-order valence-electron chi connectivity index (χ2n) is 5.97. The van der Waals surface area contributed by atoms with Crippen LogP contribution in [0.5, 0.6) is 0 Å². The molecule has 0 aliphatic carbocycles. The van der Waals surface area contributed by atoms with Gasteiger partial charge in [-0.15, -0.1) is 0 Å². The molecule has 2 aromatic carbocycles. The molecule has 5 nitrogen and oxygen atoms in total. The quantitative estimate of drug-likeness (QED) is 0.759. The number of rotatable bonds is 8. The molecule has 2 rings (SSSR count). The predicted molar refractivity (Wildman–Crippen MR) is 107 cm³/mol. The summed E-state index contributed by atoms with van der Waals surface area (Å²) in [7, 11) is 0. The molecule has 0 saturated heterocycles. The smallest absolute Gasteiger partial charge is 0.253 e. The van der Waals surface area contributed by atoms with E-state index in [1.54, 1.807) is 29.2 Å². The van der Waals surface area contributed by atoms with Gasteiger partial charge in [-0.2, -0.15) is 0 Å². The van der Waals surface area contributed by atoms with Gasteiger partial charge < -0.3 is 15.5 Å². The van der Waals surface area contributed by atoms with Crippen molar-refractivity contribution in [1.82, 2.24) is 4.90 Å². The van der Waals surface area contributed by atoms with Crippen molar-refractivity contribution < 1.29 is 9.59 Å². The topological polar surface area (TPSA) is 61.4 Å². The van der Waals surface area contributed by atoms with Gasteiger partial charge in [0.05, 0.1) is 6.54 Å². The molecule has 0 saturated carbocycles. The molecular formula is C21H27N3O2. The lowest BCUT2D eigenvalue weighted by Crippen LogP contribution is -2.30. The van der Waals surface area contributed by atoms with Crippen molar-refractivity contribution in [2.24, 2.45) is 0 Å². The van der Waals surface area contributed by atoms with E-state index in [-0.39, 0.29) is 18.4 Å². The minimum Gasteiger partial charge on any atom is -0.376 e. The Kier molecular flexibility index (Phi) is 7.21. The number of carbonyl (C=O) groups excluding carboxylic acids is 2. The van der Waals surface area contributed by atoms with Gasteiger partial charge in [-0.3, -0.25) is 9.59 Å². The molecule has 0 radical (unpaired) electrons. The van der Waals surface area contributed by atoms with Gasteiger partial charge in [-0.25, -0.2) is 0 Å². The summed E-state index contributed by atoms with van der Waals surface area (Å²) in [6, 6.07) is 15.0. The summed E-state index contributed by atoms with van der Waals surface area (Å²) >= 11 is 0. The van der Waals surface area contributed by atoms with Crippen molar-refractivity contribution in [3.05, 3.63) is 59.7 Å². The second-order valence-corrected chi connectivity index (χ2v) is 5.97. The Morgan fingerprint density at radius 3 is 2.19 bits per heavy atom. The first kappa shape index (κ1) is 19.5. The van der Waals surface area contributed by atoms with Crippen LogP contribution >= 0.6 is 0 Å². The molecular weight excluding hydrogens is 326 g/mol. The molecule has 0 bridgehead atoms. The van der Waals surface area contributed by atoms with E-state index in [1.807, 2.05) is 38.1 Å².